The zero-order valence-corrected chi connectivity index (χ0v) is 20.3. The molecule has 1 aliphatic heterocycles. The molecule has 2 aromatic carbocycles. The van der Waals surface area contributed by atoms with Crippen LogP contribution >= 0.6 is 0 Å². The molecule has 0 aromatic heterocycles. The molecular formula is C28H33FN2O5. The number of hydrogen-bond acceptors (Lipinski definition) is 5. The van der Waals surface area contributed by atoms with Crippen LogP contribution in [-0.2, 0) is 32.1 Å². The van der Waals surface area contributed by atoms with Gasteiger partial charge in [-0.15, -0.1) is 0 Å². The summed E-state index contributed by atoms with van der Waals surface area (Å²) in [4.78, 5) is 40.0. The third-order valence-corrected chi connectivity index (χ3v) is 6.11. The Balaban J connectivity index is 1.66. The largest absolute Gasteiger partial charge is 0.464 e. The van der Waals surface area contributed by atoms with Crippen LogP contribution < -0.4 is 5.32 Å². The predicted molar refractivity (Wildman–Crippen MR) is 133 cm³/mol. The van der Waals surface area contributed by atoms with Crippen LogP contribution in [0.4, 0.5) is 4.39 Å². The Labute approximate surface area is 210 Å². The average molecular weight is 497 g/mol. The summed E-state index contributed by atoms with van der Waals surface area (Å²) < 4.78 is 18.6. The number of nitrogens with one attached hydrogen (secondary N) is 1. The number of nitrogens with zero attached hydrogens (tertiary/aromatic N) is 1. The zero-order valence-electron chi connectivity index (χ0n) is 20.3. The number of carbonyl (C=O) groups excluding carboxylic acids is 3. The number of esters is 1. The standard InChI is InChI=1S/C28H33FN2O5/c29-25-12-10-21(11-13-25)18-24-9-5-4-8-23(27(34)30-14-17-36-28(24)35)19-26(33)31(15-16-32)20-22-6-2-1-3-7-22/h1-7,10-13,23-24,32H,8-9,14-20H2,(H,30,34)/b5-4-/t23-,24+/m1/s1. The van der Waals surface area contributed by atoms with Gasteiger partial charge >= 0.3 is 5.97 Å². The first-order chi connectivity index (χ1) is 17.5. The van der Waals surface area contributed by atoms with Gasteiger partial charge in [0.15, 0.2) is 0 Å². The molecule has 0 saturated heterocycles. The van der Waals surface area contributed by atoms with E-state index in [0.717, 1.165) is 11.1 Å². The number of rotatable bonds is 8. The predicted octanol–water partition coefficient (Wildman–Crippen LogP) is 3.02. The van der Waals surface area contributed by atoms with Gasteiger partial charge in [0.1, 0.15) is 12.4 Å². The average Bonchev–Trinajstić information content (AvgIpc) is 2.88. The van der Waals surface area contributed by atoms with E-state index in [2.05, 4.69) is 5.32 Å². The second kappa shape index (κ2) is 14.1. The Morgan fingerprint density at radius 2 is 1.69 bits per heavy atom. The van der Waals surface area contributed by atoms with E-state index >= 15 is 0 Å². The van der Waals surface area contributed by atoms with Crippen molar-refractivity contribution in [2.75, 3.05) is 26.3 Å². The maximum absolute atomic E-state index is 13.2. The lowest BCUT2D eigenvalue weighted by Crippen LogP contribution is -2.39. The minimum Gasteiger partial charge on any atom is -0.464 e. The van der Waals surface area contributed by atoms with Crippen LogP contribution in [0.3, 0.4) is 0 Å². The van der Waals surface area contributed by atoms with Crippen molar-refractivity contribution < 1.29 is 28.6 Å². The van der Waals surface area contributed by atoms with Crippen molar-refractivity contribution in [2.24, 2.45) is 11.8 Å². The quantitative estimate of drug-likeness (QED) is 0.433. The second-order valence-electron chi connectivity index (χ2n) is 8.85. The number of benzene rings is 2. The minimum absolute atomic E-state index is 0.00179. The molecule has 36 heavy (non-hydrogen) atoms. The molecule has 0 saturated carbocycles. The smallest absolute Gasteiger partial charge is 0.309 e. The lowest BCUT2D eigenvalue weighted by Gasteiger charge is -2.24. The number of aliphatic hydroxyl groups excluding tert-OH is 1. The Kier molecular flexibility index (Phi) is 10.6. The molecule has 2 aromatic rings. The van der Waals surface area contributed by atoms with E-state index in [4.69, 9.17) is 4.74 Å². The zero-order chi connectivity index (χ0) is 25.8. The molecule has 192 valence electrons. The van der Waals surface area contributed by atoms with Crippen molar-refractivity contribution in [1.29, 1.82) is 0 Å². The molecule has 0 aliphatic carbocycles. The van der Waals surface area contributed by atoms with Gasteiger partial charge in [0, 0.05) is 19.5 Å². The van der Waals surface area contributed by atoms with Crippen molar-refractivity contribution in [3.05, 3.63) is 83.7 Å². The highest BCUT2D eigenvalue weighted by Gasteiger charge is 2.25. The molecule has 3 rings (SSSR count). The lowest BCUT2D eigenvalue weighted by atomic mass is 9.94. The molecule has 1 heterocycles. The molecule has 0 spiro atoms. The van der Waals surface area contributed by atoms with Gasteiger partial charge in [-0.2, -0.15) is 0 Å². The van der Waals surface area contributed by atoms with Crippen molar-refractivity contribution in [3.8, 4) is 0 Å². The van der Waals surface area contributed by atoms with Gasteiger partial charge < -0.3 is 20.1 Å². The van der Waals surface area contributed by atoms with E-state index in [1.54, 1.807) is 17.0 Å². The fraction of sp³-hybridized carbons (Fsp3) is 0.393. The van der Waals surface area contributed by atoms with Crippen LogP contribution in [0, 0.1) is 17.7 Å². The van der Waals surface area contributed by atoms with E-state index in [1.165, 1.54) is 12.1 Å². The topological polar surface area (TPSA) is 95.9 Å². The van der Waals surface area contributed by atoms with Crippen LogP contribution in [0.1, 0.15) is 30.4 Å². The minimum atomic E-state index is -0.587. The number of cyclic esters (lactones) is 1. The molecule has 2 amide bonds. The molecular weight excluding hydrogens is 463 g/mol. The summed E-state index contributed by atoms with van der Waals surface area (Å²) in [6, 6.07) is 15.5. The summed E-state index contributed by atoms with van der Waals surface area (Å²) >= 11 is 0. The molecule has 7 nitrogen and oxygen atoms in total. The van der Waals surface area contributed by atoms with Crippen molar-refractivity contribution in [3.63, 3.8) is 0 Å². The summed E-state index contributed by atoms with van der Waals surface area (Å²) in [5, 5.41) is 12.2. The van der Waals surface area contributed by atoms with Gasteiger partial charge in [-0.3, -0.25) is 14.4 Å². The van der Waals surface area contributed by atoms with Crippen LogP contribution in [0.5, 0.6) is 0 Å². The number of aliphatic hydroxyl groups is 1. The van der Waals surface area contributed by atoms with Crippen molar-refractivity contribution in [2.45, 2.75) is 32.2 Å². The van der Waals surface area contributed by atoms with E-state index in [9.17, 15) is 23.9 Å². The van der Waals surface area contributed by atoms with E-state index in [0.29, 0.717) is 25.8 Å². The highest BCUT2D eigenvalue weighted by molar-refractivity contribution is 5.86. The molecule has 2 atom stereocenters. The first-order valence-corrected chi connectivity index (χ1v) is 12.2. The SMILES string of the molecule is O=C1NCCOC(=O)[C@H](Cc2ccc(F)cc2)C/C=C\C[C@@H]1CC(=O)N(CCO)Cc1ccccc1. The fourth-order valence-electron chi connectivity index (χ4n) is 4.12. The normalized spacial score (nSPS) is 19.8. The van der Waals surface area contributed by atoms with Gasteiger partial charge in [-0.25, -0.2) is 4.39 Å². The molecule has 2 N–H and O–H groups in total. The molecule has 8 heteroatoms. The highest BCUT2D eigenvalue weighted by Crippen LogP contribution is 2.19. The van der Waals surface area contributed by atoms with Crippen molar-refractivity contribution >= 4 is 17.8 Å². The Morgan fingerprint density at radius 3 is 2.39 bits per heavy atom. The van der Waals surface area contributed by atoms with Gasteiger partial charge in [0.05, 0.1) is 25.0 Å². The fourth-order valence-corrected chi connectivity index (χ4v) is 4.12. The van der Waals surface area contributed by atoms with E-state index < -0.39 is 11.8 Å². The molecule has 0 radical (unpaired) electrons. The van der Waals surface area contributed by atoms with Crippen LogP contribution in [0.15, 0.2) is 66.7 Å². The van der Waals surface area contributed by atoms with E-state index in [-0.39, 0.29) is 56.3 Å². The van der Waals surface area contributed by atoms with Gasteiger partial charge in [0.2, 0.25) is 11.8 Å². The first kappa shape index (κ1) is 27.1. The van der Waals surface area contributed by atoms with Gasteiger partial charge in [-0.05, 0) is 42.5 Å². The van der Waals surface area contributed by atoms with Crippen LogP contribution in [0.2, 0.25) is 0 Å². The monoisotopic (exact) mass is 496 g/mol. The number of halogens is 1. The number of carbonyl (C=O) groups is 3. The third kappa shape index (κ3) is 8.61. The summed E-state index contributed by atoms with van der Waals surface area (Å²) in [5.41, 5.74) is 1.77. The maximum atomic E-state index is 13.2. The summed E-state index contributed by atoms with van der Waals surface area (Å²) in [6.07, 6.45) is 4.81. The maximum Gasteiger partial charge on any atom is 0.309 e. The molecule has 0 unspecified atom stereocenters. The Bertz CT molecular complexity index is 1030. The number of hydrogen-bond donors (Lipinski definition) is 2. The molecule has 0 bridgehead atoms. The van der Waals surface area contributed by atoms with Crippen molar-refractivity contribution in [1.82, 2.24) is 10.2 Å². The van der Waals surface area contributed by atoms with Crippen LogP contribution in [0.25, 0.3) is 0 Å². The Morgan fingerprint density at radius 1 is 1.00 bits per heavy atom. The lowest BCUT2D eigenvalue weighted by molar-refractivity contribution is -0.148. The summed E-state index contributed by atoms with van der Waals surface area (Å²) in [5.74, 6) is -2.22. The number of allylic oxidation sites excluding steroid dienone is 2. The summed E-state index contributed by atoms with van der Waals surface area (Å²) in [6.45, 7) is 0.534. The summed E-state index contributed by atoms with van der Waals surface area (Å²) in [7, 11) is 0. The van der Waals surface area contributed by atoms with E-state index in [1.807, 2.05) is 42.5 Å². The second-order valence-corrected chi connectivity index (χ2v) is 8.85. The first-order valence-electron chi connectivity index (χ1n) is 12.2. The third-order valence-electron chi connectivity index (χ3n) is 6.11. The molecule has 1 aliphatic rings. The van der Waals surface area contributed by atoms with Gasteiger partial charge in [-0.1, -0.05) is 54.6 Å². The Hall–Kier alpha value is -3.52. The van der Waals surface area contributed by atoms with Gasteiger partial charge in [0.25, 0.3) is 0 Å². The van der Waals surface area contributed by atoms with Crippen LogP contribution in [-0.4, -0.2) is 54.1 Å². The number of ether oxygens (including phenoxy) is 1. The highest BCUT2D eigenvalue weighted by atomic mass is 19.1. The molecule has 0 fully saturated rings. The number of amides is 2.